The van der Waals surface area contributed by atoms with Crippen LogP contribution in [0.3, 0.4) is 0 Å². The van der Waals surface area contributed by atoms with Gasteiger partial charge >= 0.3 is 5.97 Å². The summed E-state index contributed by atoms with van der Waals surface area (Å²) in [4.78, 5) is 11.0. The first-order valence-electron chi connectivity index (χ1n) is 6.06. The summed E-state index contributed by atoms with van der Waals surface area (Å²) >= 11 is 0. The van der Waals surface area contributed by atoms with E-state index in [9.17, 15) is 4.79 Å². The van der Waals surface area contributed by atoms with Crippen LogP contribution in [-0.2, 0) is 16.6 Å². The highest BCUT2D eigenvalue weighted by Crippen LogP contribution is 2.33. The first-order chi connectivity index (χ1) is 8.18. The number of aliphatic carboxylic acids is 1. The van der Waals surface area contributed by atoms with Gasteiger partial charge in [-0.05, 0) is 13.8 Å². The smallest absolute Gasteiger partial charge is 0.308 e. The van der Waals surface area contributed by atoms with Crippen LogP contribution in [0, 0.1) is 0 Å². The molecule has 1 aromatic rings. The molecule has 1 N–H and O–H groups in total. The van der Waals surface area contributed by atoms with E-state index in [1.807, 2.05) is 34.6 Å². The largest absolute Gasteiger partial charge is 0.481 e. The van der Waals surface area contributed by atoms with Crippen molar-refractivity contribution >= 4 is 5.97 Å². The van der Waals surface area contributed by atoms with E-state index in [4.69, 9.17) is 9.84 Å². The average molecular weight is 254 g/mol. The van der Waals surface area contributed by atoms with Gasteiger partial charge in [0.15, 0.2) is 0 Å². The fourth-order valence-electron chi connectivity index (χ4n) is 1.93. The minimum absolute atomic E-state index is 0.0670. The SMILES string of the molecule is COc1c(CC(=O)O)c(C(C)(C)C)nn1C(C)C. The molecular formula is C13H22N2O3. The Bertz CT molecular complexity index is 442. The number of hydrogen-bond acceptors (Lipinski definition) is 3. The van der Waals surface area contributed by atoms with Crippen molar-refractivity contribution in [1.82, 2.24) is 9.78 Å². The van der Waals surface area contributed by atoms with Crippen LogP contribution in [0.15, 0.2) is 0 Å². The first-order valence-corrected chi connectivity index (χ1v) is 6.06. The lowest BCUT2D eigenvalue weighted by atomic mass is 9.88. The van der Waals surface area contributed by atoms with Crippen molar-refractivity contribution in [2.24, 2.45) is 0 Å². The second-order valence-electron chi connectivity index (χ2n) is 5.70. The fraction of sp³-hybridized carbons (Fsp3) is 0.692. The Kier molecular flexibility index (Phi) is 4.04. The van der Waals surface area contributed by atoms with Crippen molar-refractivity contribution < 1.29 is 14.6 Å². The van der Waals surface area contributed by atoms with Gasteiger partial charge in [0.1, 0.15) is 0 Å². The van der Waals surface area contributed by atoms with Gasteiger partial charge in [-0.25, -0.2) is 4.68 Å². The molecule has 1 aromatic heterocycles. The number of rotatable bonds is 4. The van der Waals surface area contributed by atoms with Crippen LogP contribution in [0.2, 0.25) is 0 Å². The lowest BCUT2D eigenvalue weighted by Gasteiger charge is -2.16. The standard InChI is InChI=1S/C13H22N2O3/c1-8(2)15-12(18-6)9(7-10(16)17)11(14-15)13(3,4)5/h8H,7H2,1-6H3,(H,16,17). The maximum Gasteiger partial charge on any atom is 0.308 e. The molecule has 0 spiro atoms. The molecule has 1 heterocycles. The zero-order valence-corrected chi connectivity index (χ0v) is 11.9. The molecule has 0 amide bonds. The lowest BCUT2D eigenvalue weighted by Crippen LogP contribution is -2.16. The Morgan fingerprint density at radius 3 is 2.33 bits per heavy atom. The van der Waals surface area contributed by atoms with E-state index in [0.29, 0.717) is 11.4 Å². The molecule has 0 aliphatic heterocycles. The number of nitrogens with zero attached hydrogens (tertiary/aromatic N) is 2. The topological polar surface area (TPSA) is 64.3 Å². The van der Waals surface area contributed by atoms with Crippen molar-refractivity contribution in [3.8, 4) is 5.88 Å². The molecule has 5 nitrogen and oxygen atoms in total. The van der Waals surface area contributed by atoms with Crippen molar-refractivity contribution in [3.05, 3.63) is 11.3 Å². The van der Waals surface area contributed by atoms with Crippen molar-refractivity contribution in [3.63, 3.8) is 0 Å². The number of methoxy groups -OCH3 is 1. The third kappa shape index (κ3) is 2.83. The van der Waals surface area contributed by atoms with Crippen LogP contribution in [-0.4, -0.2) is 28.0 Å². The van der Waals surface area contributed by atoms with Crippen LogP contribution < -0.4 is 4.74 Å². The van der Waals surface area contributed by atoms with Crippen LogP contribution in [0.4, 0.5) is 0 Å². The van der Waals surface area contributed by atoms with E-state index in [-0.39, 0.29) is 17.9 Å². The number of ether oxygens (including phenoxy) is 1. The van der Waals surface area contributed by atoms with Crippen LogP contribution >= 0.6 is 0 Å². The number of carboxylic acid groups (broad SMARTS) is 1. The summed E-state index contributed by atoms with van der Waals surface area (Å²) in [5.41, 5.74) is 1.25. The molecular weight excluding hydrogens is 232 g/mol. The summed E-state index contributed by atoms with van der Waals surface area (Å²) < 4.78 is 7.10. The monoisotopic (exact) mass is 254 g/mol. The van der Waals surface area contributed by atoms with Gasteiger partial charge in [0.05, 0.1) is 25.3 Å². The fourth-order valence-corrected chi connectivity index (χ4v) is 1.93. The van der Waals surface area contributed by atoms with Crippen LogP contribution in [0.1, 0.15) is 51.9 Å². The van der Waals surface area contributed by atoms with Crippen LogP contribution in [0.5, 0.6) is 5.88 Å². The Labute approximate surface area is 108 Å². The highest BCUT2D eigenvalue weighted by atomic mass is 16.5. The summed E-state index contributed by atoms with van der Waals surface area (Å²) in [5, 5.41) is 13.6. The summed E-state index contributed by atoms with van der Waals surface area (Å²) in [6, 6.07) is 0.128. The predicted octanol–water partition coefficient (Wildman–Crippen LogP) is 2.40. The predicted molar refractivity (Wildman–Crippen MR) is 69.2 cm³/mol. The Balaban J connectivity index is 3.45. The van der Waals surface area contributed by atoms with Gasteiger partial charge in [-0.15, -0.1) is 0 Å². The third-order valence-electron chi connectivity index (χ3n) is 2.68. The molecule has 0 radical (unpaired) electrons. The van der Waals surface area contributed by atoms with Gasteiger partial charge < -0.3 is 9.84 Å². The Morgan fingerprint density at radius 1 is 1.44 bits per heavy atom. The van der Waals surface area contributed by atoms with Gasteiger partial charge in [-0.1, -0.05) is 20.8 Å². The van der Waals surface area contributed by atoms with E-state index in [1.54, 1.807) is 11.8 Å². The maximum absolute atomic E-state index is 11.0. The first kappa shape index (κ1) is 14.5. The van der Waals surface area contributed by atoms with Gasteiger partial charge in [-0.3, -0.25) is 4.79 Å². The number of hydrogen-bond donors (Lipinski definition) is 1. The highest BCUT2D eigenvalue weighted by Gasteiger charge is 2.29. The molecule has 0 aliphatic rings. The summed E-state index contributed by atoms with van der Waals surface area (Å²) in [6.45, 7) is 10.0. The molecule has 0 unspecified atom stereocenters. The van der Waals surface area contributed by atoms with Gasteiger partial charge in [-0.2, -0.15) is 5.10 Å². The Hall–Kier alpha value is -1.52. The molecule has 102 valence electrons. The van der Waals surface area contributed by atoms with E-state index in [1.165, 1.54) is 0 Å². The lowest BCUT2D eigenvalue weighted by molar-refractivity contribution is -0.136. The van der Waals surface area contributed by atoms with E-state index >= 15 is 0 Å². The molecule has 0 saturated heterocycles. The molecule has 0 fully saturated rings. The number of aromatic nitrogens is 2. The summed E-state index contributed by atoms with van der Waals surface area (Å²) in [6.07, 6.45) is -0.0670. The molecule has 0 aromatic carbocycles. The van der Waals surface area contributed by atoms with Gasteiger partial charge in [0.2, 0.25) is 5.88 Å². The van der Waals surface area contributed by atoms with E-state index < -0.39 is 5.97 Å². The molecule has 18 heavy (non-hydrogen) atoms. The van der Waals surface area contributed by atoms with Crippen molar-refractivity contribution in [2.45, 2.75) is 52.5 Å². The quantitative estimate of drug-likeness (QED) is 0.896. The van der Waals surface area contributed by atoms with Gasteiger partial charge in [0, 0.05) is 11.0 Å². The number of carbonyl (C=O) groups is 1. The van der Waals surface area contributed by atoms with Crippen molar-refractivity contribution in [2.75, 3.05) is 7.11 Å². The molecule has 0 atom stereocenters. The molecule has 1 rings (SSSR count). The number of carboxylic acids is 1. The van der Waals surface area contributed by atoms with Gasteiger partial charge in [0.25, 0.3) is 0 Å². The molecule has 0 aliphatic carbocycles. The molecule has 5 heteroatoms. The normalized spacial score (nSPS) is 11.9. The second-order valence-corrected chi connectivity index (χ2v) is 5.70. The second kappa shape index (κ2) is 5.00. The summed E-state index contributed by atoms with van der Waals surface area (Å²) in [5.74, 6) is -0.320. The average Bonchev–Trinajstić information content (AvgIpc) is 2.54. The summed E-state index contributed by atoms with van der Waals surface area (Å²) in [7, 11) is 1.55. The van der Waals surface area contributed by atoms with E-state index in [0.717, 1.165) is 5.69 Å². The van der Waals surface area contributed by atoms with Crippen molar-refractivity contribution in [1.29, 1.82) is 0 Å². The third-order valence-corrected chi connectivity index (χ3v) is 2.68. The zero-order valence-electron chi connectivity index (χ0n) is 11.9. The zero-order chi connectivity index (χ0) is 14.1. The maximum atomic E-state index is 11.0. The molecule has 0 saturated carbocycles. The Morgan fingerprint density at radius 2 is 2.00 bits per heavy atom. The van der Waals surface area contributed by atoms with E-state index in [2.05, 4.69) is 5.10 Å². The van der Waals surface area contributed by atoms with Crippen LogP contribution in [0.25, 0.3) is 0 Å². The minimum atomic E-state index is -0.873. The minimum Gasteiger partial charge on any atom is -0.481 e. The highest BCUT2D eigenvalue weighted by molar-refractivity contribution is 5.71. The molecule has 0 bridgehead atoms.